The van der Waals surface area contributed by atoms with E-state index in [1.165, 1.54) is 11.3 Å². The molecule has 0 aliphatic carbocycles. The van der Waals surface area contributed by atoms with E-state index in [2.05, 4.69) is 37.2 Å². The largest absolute Gasteiger partial charge is 0.391 e. The molecule has 2 N–H and O–H groups in total. The van der Waals surface area contributed by atoms with Gasteiger partial charge in [0.2, 0.25) is 0 Å². The molecule has 16 heavy (non-hydrogen) atoms. The summed E-state index contributed by atoms with van der Waals surface area (Å²) in [4.78, 5) is 11.7. The Morgan fingerprint density at radius 3 is 2.81 bits per heavy atom. The lowest BCUT2D eigenvalue weighted by molar-refractivity contribution is 0.0910. The molecule has 0 aliphatic rings. The lowest BCUT2D eigenvalue weighted by Gasteiger charge is -2.10. The van der Waals surface area contributed by atoms with E-state index >= 15 is 0 Å². The molecule has 0 fully saturated rings. The summed E-state index contributed by atoms with van der Waals surface area (Å²) < 4.78 is 1.69. The smallest absolute Gasteiger partial charge is 0.253 e. The minimum absolute atomic E-state index is 0.163. The number of hydrogen-bond donors (Lipinski definition) is 2. The molecule has 0 spiro atoms. The molecule has 1 atom stereocenters. The Kier molecular flexibility index (Phi) is 5.96. The highest BCUT2D eigenvalue weighted by atomic mass is 79.9. The summed E-state index contributed by atoms with van der Waals surface area (Å²) in [5.74, 6) is -0.163. The van der Waals surface area contributed by atoms with Crippen molar-refractivity contribution in [2.24, 2.45) is 0 Å². The first kappa shape index (κ1) is 14.2. The second-order valence-electron chi connectivity index (χ2n) is 3.39. The quantitative estimate of drug-likeness (QED) is 0.836. The van der Waals surface area contributed by atoms with Crippen LogP contribution in [0.2, 0.25) is 0 Å². The molecule has 0 bridgehead atoms. The van der Waals surface area contributed by atoms with Crippen molar-refractivity contribution >= 4 is 49.1 Å². The Bertz CT molecular complexity index is 368. The fourth-order valence-corrected chi connectivity index (χ4v) is 4.03. The van der Waals surface area contributed by atoms with Gasteiger partial charge in [-0.25, -0.2) is 0 Å². The number of hydrogen-bond acceptors (Lipinski definition) is 3. The predicted molar refractivity (Wildman–Crippen MR) is 73.0 cm³/mol. The highest BCUT2D eigenvalue weighted by Gasteiger charge is 2.14. The first-order valence-electron chi connectivity index (χ1n) is 4.95. The molecular weight excluding hydrogens is 358 g/mol. The average Bonchev–Trinajstić information content (AvgIpc) is 2.55. The topological polar surface area (TPSA) is 49.3 Å². The lowest BCUT2D eigenvalue weighted by Crippen LogP contribution is -2.31. The van der Waals surface area contributed by atoms with Crippen molar-refractivity contribution in [1.82, 2.24) is 5.32 Å². The van der Waals surface area contributed by atoms with Crippen LogP contribution >= 0.6 is 43.2 Å². The number of aliphatic hydroxyl groups is 1. The van der Waals surface area contributed by atoms with Crippen LogP contribution in [0.4, 0.5) is 0 Å². The van der Waals surface area contributed by atoms with E-state index in [4.69, 9.17) is 0 Å². The molecular formula is C10H13Br2NO2S. The van der Waals surface area contributed by atoms with Gasteiger partial charge >= 0.3 is 0 Å². The van der Waals surface area contributed by atoms with E-state index in [0.29, 0.717) is 18.5 Å². The van der Waals surface area contributed by atoms with Crippen molar-refractivity contribution in [2.75, 3.05) is 6.54 Å². The lowest BCUT2D eigenvalue weighted by atomic mass is 10.2. The van der Waals surface area contributed by atoms with Gasteiger partial charge in [0.05, 0.1) is 19.2 Å². The molecule has 0 saturated heterocycles. The van der Waals surface area contributed by atoms with Crippen LogP contribution in [0.1, 0.15) is 30.1 Å². The van der Waals surface area contributed by atoms with E-state index in [0.717, 1.165) is 14.0 Å². The number of amides is 1. The summed E-state index contributed by atoms with van der Waals surface area (Å²) in [6, 6.07) is 1.76. The maximum absolute atomic E-state index is 11.7. The summed E-state index contributed by atoms with van der Waals surface area (Å²) >= 11 is 8.09. The van der Waals surface area contributed by atoms with Gasteiger partial charge in [-0.3, -0.25) is 4.79 Å². The Labute approximate surface area is 116 Å². The molecule has 0 aliphatic heterocycles. The second-order valence-corrected chi connectivity index (χ2v) is 7.14. The minimum atomic E-state index is -0.463. The number of halogens is 2. The van der Waals surface area contributed by atoms with Crippen molar-refractivity contribution in [1.29, 1.82) is 0 Å². The normalized spacial score (nSPS) is 12.5. The van der Waals surface area contributed by atoms with Gasteiger partial charge in [-0.05, 0) is 44.3 Å². The number of carbonyl (C=O) groups is 1. The monoisotopic (exact) mass is 369 g/mol. The zero-order chi connectivity index (χ0) is 12.1. The zero-order valence-electron chi connectivity index (χ0n) is 8.80. The number of aliphatic hydroxyl groups excluding tert-OH is 1. The van der Waals surface area contributed by atoms with Crippen LogP contribution in [0.25, 0.3) is 0 Å². The van der Waals surface area contributed by atoms with Gasteiger partial charge in [-0.2, -0.15) is 0 Å². The van der Waals surface area contributed by atoms with E-state index in [1.54, 1.807) is 6.07 Å². The van der Waals surface area contributed by atoms with Gasteiger partial charge in [0, 0.05) is 6.54 Å². The fraction of sp³-hybridized carbons (Fsp3) is 0.500. The van der Waals surface area contributed by atoms with E-state index in [9.17, 15) is 9.90 Å². The van der Waals surface area contributed by atoms with Gasteiger partial charge in [0.25, 0.3) is 5.91 Å². The molecule has 1 rings (SSSR count). The van der Waals surface area contributed by atoms with Gasteiger partial charge in [-0.1, -0.05) is 13.3 Å². The summed E-state index contributed by atoms with van der Waals surface area (Å²) in [5.41, 5.74) is 0.598. The van der Waals surface area contributed by atoms with Crippen LogP contribution in [0.3, 0.4) is 0 Å². The Morgan fingerprint density at radius 1 is 1.62 bits per heavy atom. The van der Waals surface area contributed by atoms with Crippen LogP contribution in [-0.4, -0.2) is 23.7 Å². The molecule has 6 heteroatoms. The average molecular weight is 371 g/mol. The molecule has 0 aromatic carbocycles. The minimum Gasteiger partial charge on any atom is -0.391 e. The van der Waals surface area contributed by atoms with Crippen LogP contribution in [-0.2, 0) is 0 Å². The maximum atomic E-state index is 11.7. The Morgan fingerprint density at radius 2 is 2.31 bits per heavy atom. The Hall–Kier alpha value is 0.0900. The highest BCUT2D eigenvalue weighted by molar-refractivity contribution is 9.12. The first-order valence-corrected chi connectivity index (χ1v) is 7.36. The molecule has 0 saturated carbocycles. The predicted octanol–water partition coefficient (Wildman–Crippen LogP) is 3.16. The van der Waals surface area contributed by atoms with E-state index in [1.807, 2.05) is 6.92 Å². The Balaban J connectivity index is 2.50. The number of thiophene rings is 1. The molecule has 90 valence electrons. The summed E-state index contributed by atoms with van der Waals surface area (Å²) in [7, 11) is 0. The molecule has 1 amide bonds. The molecule has 1 unspecified atom stereocenters. The van der Waals surface area contributed by atoms with Crippen molar-refractivity contribution in [2.45, 2.75) is 25.9 Å². The molecule has 0 radical (unpaired) electrons. The molecule has 3 nitrogen and oxygen atoms in total. The third-order valence-electron chi connectivity index (χ3n) is 2.02. The third-order valence-corrected chi connectivity index (χ3v) is 4.36. The van der Waals surface area contributed by atoms with Gasteiger partial charge < -0.3 is 10.4 Å². The standard InChI is InChI=1S/C10H13Br2NO2S/c1-2-3-6(14)5-13-10(15)7-4-8(11)16-9(7)12/h4,6,14H,2-3,5H2,1H3,(H,13,15). The van der Waals surface area contributed by atoms with Crippen molar-refractivity contribution in [3.8, 4) is 0 Å². The number of carbonyl (C=O) groups excluding carboxylic acids is 1. The van der Waals surface area contributed by atoms with E-state index < -0.39 is 6.10 Å². The summed E-state index contributed by atoms with van der Waals surface area (Å²) in [6.07, 6.45) is 1.15. The molecule has 1 aromatic heterocycles. The van der Waals surface area contributed by atoms with Crippen LogP contribution in [0.5, 0.6) is 0 Å². The SMILES string of the molecule is CCCC(O)CNC(=O)c1cc(Br)sc1Br. The second kappa shape index (κ2) is 6.74. The number of nitrogens with one attached hydrogen (secondary N) is 1. The first-order chi connectivity index (χ1) is 7.54. The third kappa shape index (κ3) is 4.16. The zero-order valence-corrected chi connectivity index (χ0v) is 12.8. The van der Waals surface area contributed by atoms with Crippen molar-refractivity contribution in [3.63, 3.8) is 0 Å². The van der Waals surface area contributed by atoms with Gasteiger partial charge in [-0.15, -0.1) is 11.3 Å². The van der Waals surface area contributed by atoms with Gasteiger partial charge in [0.15, 0.2) is 0 Å². The van der Waals surface area contributed by atoms with Gasteiger partial charge in [0.1, 0.15) is 0 Å². The number of rotatable bonds is 5. The fourth-order valence-electron chi connectivity index (χ4n) is 1.24. The molecule has 1 aromatic rings. The van der Waals surface area contributed by atoms with Crippen molar-refractivity contribution < 1.29 is 9.90 Å². The van der Waals surface area contributed by atoms with Crippen LogP contribution < -0.4 is 5.32 Å². The maximum Gasteiger partial charge on any atom is 0.253 e. The van der Waals surface area contributed by atoms with Crippen molar-refractivity contribution in [3.05, 3.63) is 19.2 Å². The highest BCUT2D eigenvalue weighted by Crippen LogP contribution is 2.31. The van der Waals surface area contributed by atoms with Crippen LogP contribution in [0, 0.1) is 0 Å². The summed E-state index contributed by atoms with van der Waals surface area (Å²) in [5, 5.41) is 12.2. The van der Waals surface area contributed by atoms with E-state index in [-0.39, 0.29) is 5.91 Å². The molecule has 1 heterocycles. The van der Waals surface area contributed by atoms with Crippen LogP contribution in [0.15, 0.2) is 13.6 Å². The summed E-state index contributed by atoms with van der Waals surface area (Å²) in [6.45, 7) is 2.30.